The Bertz CT molecular complexity index is 290. The van der Waals surface area contributed by atoms with Gasteiger partial charge in [0.25, 0.3) is 0 Å². The second-order valence-electron chi connectivity index (χ2n) is 5.31. The number of amides is 1. The van der Waals surface area contributed by atoms with Crippen molar-refractivity contribution in [1.82, 2.24) is 10.2 Å². The largest absolute Gasteiger partial charge is 0.394 e. The highest BCUT2D eigenvalue weighted by atomic mass is 16.5. The van der Waals surface area contributed by atoms with Gasteiger partial charge in [0, 0.05) is 13.1 Å². The molecule has 1 unspecified atom stereocenters. The average Bonchev–Trinajstić information content (AvgIpc) is 2.47. The zero-order chi connectivity index (χ0) is 13.0. The summed E-state index contributed by atoms with van der Waals surface area (Å²) in [6.07, 6.45) is 2.53. The van der Waals surface area contributed by atoms with E-state index in [0.717, 1.165) is 32.4 Å². The third-order valence-electron chi connectivity index (χ3n) is 4.32. The zero-order valence-corrected chi connectivity index (χ0v) is 11.2. The van der Waals surface area contributed by atoms with Gasteiger partial charge < -0.3 is 20.1 Å². The number of hydrogen-bond acceptors (Lipinski definition) is 4. The van der Waals surface area contributed by atoms with Crippen molar-refractivity contribution in [2.45, 2.75) is 32.3 Å². The highest BCUT2D eigenvalue weighted by Gasteiger charge is 2.41. The molecule has 2 N–H and O–H groups in total. The molecule has 0 radical (unpaired) electrons. The number of ether oxygens (including phenoxy) is 1. The third-order valence-corrected chi connectivity index (χ3v) is 4.32. The maximum atomic E-state index is 12.7. The molecule has 2 saturated heterocycles. The molecular formula is C13H24N2O3. The summed E-state index contributed by atoms with van der Waals surface area (Å²) in [6.45, 7) is 5.67. The standard InChI is InChI=1S/C13H24N2O3/c1-2-13(3-5-14-6-4-13)12(17)15-7-8-18-11(9-15)10-16/h11,14,16H,2-10H2,1H3. The molecule has 104 valence electrons. The van der Waals surface area contributed by atoms with Gasteiger partial charge in [-0.25, -0.2) is 0 Å². The summed E-state index contributed by atoms with van der Waals surface area (Å²) in [6, 6.07) is 0. The van der Waals surface area contributed by atoms with E-state index in [1.807, 2.05) is 4.90 Å². The van der Waals surface area contributed by atoms with E-state index in [4.69, 9.17) is 9.84 Å². The zero-order valence-electron chi connectivity index (χ0n) is 11.2. The van der Waals surface area contributed by atoms with E-state index in [0.29, 0.717) is 19.7 Å². The molecule has 0 bridgehead atoms. The monoisotopic (exact) mass is 256 g/mol. The lowest BCUT2D eigenvalue weighted by Crippen LogP contribution is -2.54. The first kappa shape index (κ1) is 13.8. The third kappa shape index (κ3) is 2.68. The summed E-state index contributed by atoms with van der Waals surface area (Å²) in [5.74, 6) is 0.258. The molecule has 1 atom stereocenters. The predicted octanol–water partition coefficient (Wildman–Crippen LogP) is -0.0141. The molecule has 2 rings (SSSR count). The molecule has 18 heavy (non-hydrogen) atoms. The first-order valence-electron chi connectivity index (χ1n) is 6.94. The van der Waals surface area contributed by atoms with Crippen LogP contribution in [0.2, 0.25) is 0 Å². The van der Waals surface area contributed by atoms with Crippen LogP contribution in [0, 0.1) is 5.41 Å². The Labute approximate surface area is 108 Å². The van der Waals surface area contributed by atoms with E-state index in [-0.39, 0.29) is 24.0 Å². The van der Waals surface area contributed by atoms with Gasteiger partial charge >= 0.3 is 0 Å². The van der Waals surface area contributed by atoms with Crippen LogP contribution in [0.3, 0.4) is 0 Å². The van der Waals surface area contributed by atoms with Crippen molar-refractivity contribution in [2.24, 2.45) is 5.41 Å². The number of aliphatic hydroxyl groups is 1. The van der Waals surface area contributed by atoms with Crippen LogP contribution in [0.5, 0.6) is 0 Å². The molecule has 0 aromatic carbocycles. The lowest BCUT2D eigenvalue weighted by Gasteiger charge is -2.42. The second kappa shape index (κ2) is 5.99. The van der Waals surface area contributed by atoms with E-state index in [1.165, 1.54) is 0 Å². The molecule has 0 spiro atoms. The average molecular weight is 256 g/mol. The van der Waals surface area contributed by atoms with Gasteiger partial charge in [-0.1, -0.05) is 6.92 Å². The molecule has 5 heteroatoms. The molecule has 2 heterocycles. The fourth-order valence-corrected chi connectivity index (χ4v) is 2.97. The number of nitrogens with one attached hydrogen (secondary N) is 1. The first-order chi connectivity index (χ1) is 8.72. The summed E-state index contributed by atoms with van der Waals surface area (Å²) < 4.78 is 5.41. The predicted molar refractivity (Wildman–Crippen MR) is 68.2 cm³/mol. The SMILES string of the molecule is CCC1(C(=O)N2CCOC(CO)C2)CCNCC1. The Hall–Kier alpha value is -0.650. The molecule has 0 aromatic heterocycles. The van der Waals surface area contributed by atoms with Crippen LogP contribution in [-0.4, -0.2) is 61.4 Å². The Balaban J connectivity index is 2.04. The Kier molecular flexibility index (Phi) is 4.59. The van der Waals surface area contributed by atoms with Crippen molar-refractivity contribution in [3.8, 4) is 0 Å². The number of aliphatic hydroxyl groups excluding tert-OH is 1. The minimum absolute atomic E-state index is 0.00946. The van der Waals surface area contributed by atoms with Crippen molar-refractivity contribution in [3.63, 3.8) is 0 Å². The molecule has 1 amide bonds. The van der Waals surface area contributed by atoms with Crippen LogP contribution in [0.4, 0.5) is 0 Å². The second-order valence-corrected chi connectivity index (χ2v) is 5.31. The quantitative estimate of drug-likeness (QED) is 0.745. The lowest BCUT2D eigenvalue weighted by molar-refractivity contribution is -0.153. The van der Waals surface area contributed by atoms with Crippen LogP contribution in [0.1, 0.15) is 26.2 Å². The fourth-order valence-electron chi connectivity index (χ4n) is 2.97. The number of rotatable bonds is 3. The molecule has 2 aliphatic heterocycles. The summed E-state index contributed by atoms with van der Waals surface area (Å²) in [5.41, 5.74) is -0.192. The normalized spacial score (nSPS) is 28.1. The smallest absolute Gasteiger partial charge is 0.229 e. The van der Waals surface area contributed by atoms with Crippen LogP contribution in [0.15, 0.2) is 0 Å². The van der Waals surface area contributed by atoms with Gasteiger partial charge in [-0.15, -0.1) is 0 Å². The van der Waals surface area contributed by atoms with Gasteiger partial charge in [0.05, 0.1) is 24.7 Å². The number of piperidine rings is 1. The van der Waals surface area contributed by atoms with E-state index in [1.54, 1.807) is 0 Å². The van der Waals surface area contributed by atoms with Crippen LogP contribution in [-0.2, 0) is 9.53 Å². The van der Waals surface area contributed by atoms with Crippen molar-refractivity contribution in [3.05, 3.63) is 0 Å². The van der Waals surface area contributed by atoms with E-state index >= 15 is 0 Å². The molecule has 0 aromatic rings. The van der Waals surface area contributed by atoms with Crippen molar-refractivity contribution in [1.29, 1.82) is 0 Å². The number of hydrogen-bond donors (Lipinski definition) is 2. The Morgan fingerprint density at radius 3 is 2.83 bits per heavy atom. The van der Waals surface area contributed by atoms with Crippen molar-refractivity contribution >= 4 is 5.91 Å². The molecule has 5 nitrogen and oxygen atoms in total. The minimum Gasteiger partial charge on any atom is -0.394 e. The van der Waals surface area contributed by atoms with Gasteiger partial charge in [0.1, 0.15) is 0 Å². The topological polar surface area (TPSA) is 61.8 Å². The summed E-state index contributed by atoms with van der Waals surface area (Å²) in [5, 5.41) is 12.5. The van der Waals surface area contributed by atoms with Gasteiger partial charge in [-0.3, -0.25) is 4.79 Å². The van der Waals surface area contributed by atoms with Crippen LogP contribution in [0.25, 0.3) is 0 Å². The maximum Gasteiger partial charge on any atom is 0.229 e. The minimum atomic E-state index is -0.210. The molecule has 2 fully saturated rings. The van der Waals surface area contributed by atoms with Gasteiger partial charge in [0.2, 0.25) is 5.91 Å². The van der Waals surface area contributed by atoms with Gasteiger partial charge in [-0.2, -0.15) is 0 Å². The number of carbonyl (C=O) groups is 1. The van der Waals surface area contributed by atoms with E-state index in [9.17, 15) is 4.79 Å². The number of carbonyl (C=O) groups excluding carboxylic acids is 1. The highest BCUT2D eigenvalue weighted by molar-refractivity contribution is 5.83. The molecule has 2 aliphatic rings. The first-order valence-corrected chi connectivity index (χ1v) is 6.94. The van der Waals surface area contributed by atoms with Crippen LogP contribution >= 0.6 is 0 Å². The lowest BCUT2D eigenvalue weighted by atomic mass is 9.75. The molecular weight excluding hydrogens is 232 g/mol. The Morgan fingerprint density at radius 1 is 1.50 bits per heavy atom. The maximum absolute atomic E-state index is 12.7. The van der Waals surface area contributed by atoms with Crippen molar-refractivity contribution in [2.75, 3.05) is 39.4 Å². The van der Waals surface area contributed by atoms with Crippen molar-refractivity contribution < 1.29 is 14.6 Å². The fraction of sp³-hybridized carbons (Fsp3) is 0.923. The van der Waals surface area contributed by atoms with E-state index in [2.05, 4.69) is 12.2 Å². The highest BCUT2D eigenvalue weighted by Crippen LogP contribution is 2.35. The van der Waals surface area contributed by atoms with Gasteiger partial charge in [0.15, 0.2) is 0 Å². The van der Waals surface area contributed by atoms with Crippen LogP contribution < -0.4 is 5.32 Å². The number of morpholine rings is 1. The Morgan fingerprint density at radius 2 is 2.22 bits per heavy atom. The summed E-state index contributed by atoms with van der Waals surface area (Å²) >= 11 is 0. The summed E-state index contributed by atoms with van der Waals surface area (Å²) in [4.78, 5) is 14.6. The van der Waals surface area contributed by atoms with Gasteiger partial charge in [-0.05, 0) is 32.4 Å². The van der Waals surface area contributed by atoms with E-state index < -0.39 is 0 Å². The molecule has 0 aliphatic carbocycles. The molecule has 0 saturated carbocycles. The number of nitrogens with zero attached hydrogens (tertiary/aromatic N) is 1. The summed E-state index contributed by atoms with van der Waals surface area (Å²) in [7, 11) is 0.